The van der Waals surface area contributed by atoms with Gasteiger partial charge in [-0.3, -0.25) is 0 Å². The van der Waals surface area contributed by atoms with Crippen LogP contribution >= 0.6 is 0 Å². The van der Waals surface area contributed by atoms with E-state index in [4.69, 9.17) is 10.7 Å². The lowest BCUT2D eigenvalue weighted by Gasteiger charge is -2.20. The first-order chi connectivity index (χ1) is 9.79. The molecule has 112 valence electrons. The fourth-order valence-electron chi connectivity index (χ4n) is 3.55. The maximum Gasteiger partial charge on any atom is 0.126 e. The van der Waals surface area contributed by atoms with Crippen LogP contribution in [0, 0.1) is 5.92 Å². The lowest BCUT2D eigenvalue weighted by Crippen LogP contribution is -2.11. The second kappa shape index (κ2) is 6.19. The second-order valence-electron chi connectivity index (χ2n) is 6.79. The summed E-state index contributed by atoms with van der Waals surface area (Å²) >= 11 is 0. The van der Waals surface area contributed by atoms with Gasteiger partial charge in [0, 0.05) is 12.5 Å². The van der Waals surface area contributed by atoms with Crippen LogP contribution in [0.2, 0.25) is 0 Å². The lowest BCUT2D eigenvalue weighted by molar-refractivity contribution is 0.355. The van der Waals surface area contributed by atoms with Crippen LogP contribution in [0.3, 0.4) is 0 Å². The van der Waals surface area contributed by atoms with Crippen molar-refractivity contribution in [3.05, 3.63) is 11.5 Å². The molecule has 20 heavy (non-hydrogen) atoms. The Morgan fingerprint density at radius 3 is 2.55 bits per heavy atom. The van der Waals surface area contributed by atoms with Gasteiger partial charge in [0.2, 0.25) is 0 Å². The molecule has 1 aromatic rings. The fraction of sp³-hybridized carbons (Fsp3) is 0.824. The van der Waals surface area contributed by atoms with Crippen LogP contribution in [-0.2, 0) is 13.0 Å². The molecule has 0 spiro atoms. The molecule has 0 radical (unpaired) electrons. The third-order valence-electron chi connectivity index (χ3n) is 5.00. The number of hydrogen-bond acceptors (Lipinski definition) is 2. The molecular weight excluding hydrogens is 246 g/mol. The van der Waals surface area contributed by atoms with Gasteiger partial charge in [0.1, 0.15) is 11.6 Å². The summed E-state index contributed by atoms with van der Waals surface area (Å²) in [6, 6.07) is 0. The average molecular weight is 275 g/mol. The smallest absolute Gasteiger partial charge is 0.126 e. The first-order valence-electron chi connectivity index (χ1n) is 8.64. The maximum atomic E-state index is 6.43. The van der Waals surface area contributed by atoms with Gasteiger partial charge in [-0.25, -0.2) is 4.98 Å². The monoisotopic (exact) mass is 275 g/mol. The van der Waals surface area contributed by atoms with Gasteiger partial charge in [0.05, 0.1) is 5.69 Å². The standard InChI is InChI=1S/C17H29N3/c1-2-3-11-20-16(18)15(19-17(20)14-9-10-14)12-13-7-5-4-6-8-13/h13-14H,2-12,18H2,1H3. The summed E-state index contributed by atoms with van der Waals surface area (Å²) in [7, 11) is 0. The van der Waals surface area contributed by atoms with Crippen LogP contribution in [0.25, 0.3) is 0 Å². The first-order valence-corrected chi connectivity index (χ1v) is 8.64. The van der Waals surface area contributed by atoms with E-state index >= 15 is 0 Å². The molecule has 3 heteroatoms. The largest absolute Gasteiger partial charge is 0.384 e. The zero-order valence-corrected chi connectivity index (χ0v) is 12.9. The molecule has 0 saturated heterocycles. The first kappa shape index (κ1) is 14.0. The predicted molar refractivity (Wildman–Crippen MR) is 83.8 cm³/mol. The summed E-state index contributed by atoms with van der Waals surface area (Å²) in [6.07, 6.45) is 13.1. The Balaban J connectivity index is 1.75. The van der Waals surface area contributed by atoms with Gasteiger partial charge in [-0.1, -0.05) is 45.4 Å². The topological polar surface area (TPSA) is 43.8 Å². The van der Waals surface area contributed by atoms with Crippen molar-refractivity contribution in [2.24, 2.45) is 5.92 Å². The minimum Gasteiger partial charge on any atom is -0.384 e. The summed E-state index contributed by atoms with van der Waals surface area (Å²) in [6.45, 7) is 3.30. The van der Waals surface area contributed by atoms with Crippen LogP contribution in [0.5, 0.6) is 0 Å². The van der Waals surface area contributed by atoms with Crippen molar-refractivity contribution in [2.75, 3.05) is 5.73 Å². The molecule has 2 N–H and O–H groups in total. The van der Waals surface area contributed by atoms with Gasteiger partial charge in [0.25, 0.3) is 0 Å². The van der Waals surface area contributed by atoms with E-state index in [-0.39, 0.29) is 0 Å². The number of anilines is 1. The minimum atomic E-state index is 0.703. The van der Waals surface area contributed by atoms with Crippen LogP contribution in [0.15, 0.2) is 0 Å². The maximum absolute atomic E-state index is 6.43. The van der Waals surface area contributed by atoms with E-state index in [1.807, 2.05) is 0 Å². The molecule has 0 aliphatic heterocycles. The number of nitrogens with two attached hydrogens (primary N) is 1. The van der Waals surface area contributed by atoms with E-state index in [1.165, 1.54) is 69.3 Å². The minimum absolute atomic E-state index is 0.703. The van der Waals surface area contributed by atoms with E-state index in [0.717, 1.165) is 24.7 Å². The number of imidazole rings is 1. The summed E-state index contributed by atoms with van der Waals surface area (Å²) in [5, 5.41) is 0. The molecule has 0 unspecified atom stereocenters. The molecule has 3 rings (SSSR count). The van der Waals surface area contributed by atoms with Crippen molar-refractivity contribution < 1.29 is 0 Å². The summed E-state index contributed by atoms with van der Waals surface area (Å²) < 4.78 is 2.33. The number of rotatable bonds is 6. The molecule has 1 heterocycles. The SMILES string of the molecule is CCCCn1c(C2CC2)nc(CC2CCCCC2)c1N. The normalized spacial score (nSPS) is 20.4. The van der Waals surface area contributed by atoms with Gasteiger partial charge in [-0.05, 0) is 31.6 Å². The molecule has 0 atom stereocenters. The quantitative estimate of drug-likeness (QED) is 0.842. The summed E-state index contributed by atoms with van der Waals surface area (Å²) in [5.41, 5.74) is 7.63. The number of nitrogen functional groups attached to an aromatic ring is 1. The highest BCUT2D eigenvalue weighted by Gasteiger charge is 2.31. The van der Waals surface area contributed by atoms with E-state index < -0.39 is 0 Å². The molecule has 2 aliphatic carbocycles. The van der Waals surface area contributed by atoms with Crippen molar-refractivity contribution in [3.63, 3.8) is 0 Å². The van der Waals surface area contributed by atoms with E-state index in [0.29, 0.717) is 5.92 Å². The van der Waals surface area contributed by atoms with Crippen molar-refractivity contribution >= 4 is 5.82 Å². The van der Waals surface area contributed by atoms with E-state index in [2.05, 4.69) is 11.5 Å². The highest BCUT2D eigenvalue weighted by Crippen LogP contribution is 2.41. The Morgan fingerprint density at radius 1 is 1.15 bits per heavy atom. The van der Waals surface area contributed by atoms with Gasteiger partial charge >= 0.3 is 0 Å². The summed E-state index contributed by atoms with van der Waals surface area (Å²) in [4.78, 5) is 4.96. The van der Waals surface area contributed by atoms with Gasteiger partial charge in [0.15, 0.2) is 0 Å². The molecule has 2 aliphatic rings. The highest BCUT2D eigenvalue weighted by atomic mass is 15.1. The van der Waals surface area contributed by atoms with Crippen molar-refractivity contribution in [1.29, 1.82) is 0 Å². The number of unbranched alkanes of at least 4 members (excludes halogenated alkanes) is 1. The Labute approximate surface area is 123 Å². The molecular formula is C17H29N3. The van der Waals surface area contributed by atoms with Crippen LogP contribution in [0.4, 0.5) is 5.82 Å². The average Bonchev–Trinajstić information content (AvgIpc) is 3.26. The second-order valence-corrected chi connectivity index (χ2v) is 6.79. The number of nitrogens with zero attached hydrogens (tertiary/aromatic N) is 2. The van der Waals surface area contributed by atoms with Gasteiger partial charge in [-0.2, -0.15) is 0 Å². The van der Waals surface area contributed by atoms with Crippen LogP contribution < -0.4 is 5.73 Å². The Kier molecular flexibility index (Phi) is 4.32. The van der Waals surface area contributed by atoms with E-state index in [1.54, 1.807) is 0 Å². The molecule has 1 aromatic heterocycles. The predicted octanol–water partition coefficient (Wildman–Crippen LogP) is 4.27. The zero-order valence-electron chi connectivity index (χ0n) is 12.9. The third-order valence-corrected chi connectivity index (χ3v) is 5.00. The summed E-state index contributed by atoms with van der Waals surface area (Å²) in [5.74, 6) is 3.80. The third kappa shape index (κ3) is 3.02. The van der Waals surface area contributed by atoms with Crippen molar-refractivity contribution in [1.82, 2.24) is 9.55 Å². The molecule has 0 aromatic carbocycles. The van der Waals surface area contributed by atoms with Crippen molar-refractivity contribution in [2.45, 2.75) is 83.6 Å². The number of hydrogen-bond donors (Lipinski definition) is 1. The van der Waals surface area contributed by atoms with Crippen molar-refractivity contribution in [3.8, 4) is 0 Å². The van der Waals surface area contributed by atoms with Crippen LogP contribution in [-0.4, -0.2) is 9.55 Å². The van der Waals surface area contributed by atoms with Crippen LogP contribution in [0.1, 0.15) is 82.1 Å². The Bertz CT molecular complexity index is 439. The Hall–Kier alpha value is -0.990. The zero-order chi connectivity index (χ0) is 13.9. The fourth-order valence-corrected chi connectivity index (χ4v) is 3.55. The molecule has 2 fully saturated rings. The lowest BCUT2D eigenvalue weighted by atomic mass is 9.86. The van der Waals surface area contributed by atoms with Gasteiger partial charge < -0.3 is 10.3 Å². The Morgan fingerprint density at radius 2 is 1.90 bits per heavy atom. The highest BCUT2D eigenvalue weighted by molar-refractivity contribution is 5.40. The van der Waals surface area contributed by atoms with Gasteiger partial charge in [-0.15, -0.1) is 0 Å². The molecule has 0 bridgehead atoms. The molecule has 0 amide bonds. The van der Waals surface area contributed by atoms with E-state index in [9.17, 15) is 0 Å². The molecule has 2 saturated carbocycles. The number of aromatic nitrogens is 2. The molecule has 3 nitrogen and oxygen atoms in total.